The number of nitrogens with zero attached hydrogens (tertiary/aromatic N) is 3. The number of rotatable bonds is 3. The average molecular weight is 382 g/mol. The molecule has 0 amide bonds. The summed E-state index contributed by atoms with van der Waals surface area (Å²) >= 11 is 3.75. The molecule has 6 N–H and O–H groups in total. The Labute approximate surface area is 150 Å². The molecule has 0 spiro atoms. The molecule has 0 saturated carbocycles. The number of hydrogen-bond acceptors (Lipinski definition) is 3. The van der Waals surface area contributed by atoms with Gasteiger partial charge in [-0.1, -0.05) is 12.1 Å². The molecule has 0 aliphatic heterocycles. The quantitative estimate of drug-likeness (QED) is 0.271. The van der Waals surface area contributed by atoms with E-state index < -0.39 is 0 Å². The molecule has 1 aromatic carbocycles. The standard InChI is InChI=1S/C9H11N3O2S.C5H5N.Co.H2O/c1-14-7-4-2-3-6(8(7)13)5-11-12-9(10)15;1-2-4-6-5-3-1;;/h2-5H,1H3,(H4,10,11,12,13,15);1-5H;;1H2/p+1. The van der Waals surface area contributed by atoms with Crippen LogP contribution >= 0.6 is 0 Å². The number of pyridine rings is 1. The summed E-state index contributed by atoms with van der Waals surface area (Å²) in [7, 11) is 1.51. The van der Waals surface area contributed by atoms with E-state index in [-0.39, 0.29) is 33.1 Å². The first-order valence-corrected chi connectivity index (χ1v) is 6.39. The minimum Gasteiger partial charge on any atom is -0.590 e. The Morgan fingerprint density at radius 1 is 1.30 bits per heavy atom. The number of para-hydroxylation sites is 1. The van der Waals surface area contributed by atoms with Crippen LogP contribution in [0.1, 0.15) is 5.56 Å². The minimum absolute atomic E-state index is 0. The van der Waals surface area contributed by atoms with Crippen molar-refractivity contribution < 1.29 is 32.1 Å². The third-order valence-electron chi connectivity index (χ3n) is 2.20. The number of thiol groups is 1. The molecule has 23 heavy (non-hydrogen) atoms. The Morgan fingerprint density at radius 2 is 1.96 bits per heavy atom. The maximum absolute atomic E-state index is 7.72. The maximum atomic E-state index is 7.72. The molecule has 0 unspecified atom stereocenters. The molecule has 1 radical (unpaired) electrons. The van der Waals surface area contributed by atoms with Gasteiger partial charge < -0.3 is 25.8 Å². The zero-order valence-electron chi connectivity index (χ0n) is 12.3. The third-order valence-corrected chi connectivity index (χ3v) is 2.29. The van der Waals surface area contributed by atoms with Gasteiger partial charge in [-0.25, -0.2) is 0 Å². The predicted octanol–water partition coefficient (Wildman–Crippen LogP) is 0.420. The first-order valence-electron chi connectivity index (χ1n) is 5.94. The van der Waals surface area contributed by atoms with Gasteiger partial charge in [0.2, 0.25) is 5.75 Å². The second-order valence-electron chi connectivity index (χ2n) is 3.65. The number of benzene rings is 1. The fourth-order valence-corrected chi connectivity index (χ4v) is 1.34. The van der Waals surface area contributed by atoms with Gasteiger partial charge in [0.15, 0.2) is 17.3 Å². The zero-order valence-corrected chi connectivity index (χ0v) is 14.2. The van der Waals surface area contributed by atoms with Crippen molar-refractivity contribution in [1.29, 1.82) is 0 Å². The molecule has 0 saturated heterocycles. The molecule has 9 heteroatoms. The molecule has 7 nitrogen and oxygen atoms in total. The van der Waals surface area contributed by atoms with E-state index in [1.807, 2.05) is 18.2 Å². The molecule has 0 aliphatic carbocycles. The van der Waals surface area contributed by atoms with Crippen molar-refractivity contribution in [3.63, 3.8) is 0 Å². The van der Waals surface area contributed by atoms with Crippen molar-refractivity contribution in [3.8, 4) is 11.5 Å². The predicted molar refractivity (Wildman–Crippen MR) is 92.8 cm³/mol. The molecule has 0 aliphatic rings. The Morgan fingerprint density at radius 3 is 2.39 bits per heavy atom. The van der Waals surface area contributed by atoms with E-state index in [1.54, 1.807) is 30.6 Å². The summed E-state index contributed by atoms with van der Waals surface area (Å²) in [4.78, 5) is 3.78. The summed E-state index contributed by atoms with van der Waals surface area (Å²) < 4.78 is 4.99. The number of aromatic nitrogens is 1. The summed E-state index contributed by atoms with van der Waals surface area (Å²) in [6.45, 7) is 0. The monoisotopic (exact) mass is 382 g/mol. The van der Waals surface area contributed by atoms with E-state index in [0.29, 0.717) is 11.3 Å². The van der Waals surface area contributed by atoms with E-state index in [9.17, 15) is 0 Å². The second kappa shape index (κ2) is 13.6. The normalized spacial score (nSPS) is 8.78. The van der Waals surface area contributed by atoms with Crippen LogP contribution in [-0.2, 0) is 29.0 Å². The van der Waals surface area contributed by atoms with E-state index >= 15 is 0 Å². The van der Waals surface area contributed by atoms with Gasteiger partial charge in [-0.15, -0.1) is 0 Å². The molecule has 2 aromatic rings. The summed E-state index contributed by atoms with van der Waals surface area (Å²) in [6.07, 6.45) is 4.92. The van der Waals surface area contributed by atoms with Gasteiger partial charge >= 0.3 is 5.75 Å². The van der Waals surface area contributed by atoms with Crippen LogP contribution in [0.3, 0.4) is 0 Å². The molecule has 0 bridgehead atoms. The Kier molecular flexibility index (Phi) is 13.7. The van der Waals surface area contributed by atoms with Gasteiger partial charge in [0.25, 0.3) is 0 Å². The van der Waals surface area contributed by atoms with Gasteiger partial charge in [0.05, 0.1) is 12.7 Å². The molecule has 0 atom stereocenters. The first kappa shape index (κ1) is 23.2. The smallest absolute Gasteiger partial charge is 0.305 e. The van der Waals surface area contributed by atoms with Gasteiger partial charge in [-0.05, 0) is 24.3 Å². The Balaban J connectivity index is 0. The van der Waals surface area contributed by atoms with Crippen LogP contribution in [0.2, 0.25) is 0 Å². The van der Waals surface area contributed by atoms with E-state index in [1.165, 1.54) is 13.3 Å². The van der Waals surface area contributed by atoms with E-state index in [0.717, 1.165) is 0 Å². The van der Waals surface area contributed by atoms with Crippen LogP contribution in [0.4, 0.5) is 0 Å². The summed E-state index contributed by atoms with van der Waals surface area (Å²) in [5.74, 6) is 0.749. The average Bonchev–Trinajstić information content (AvgIpc) is 2.51. The number of ether oxygens (including phenoxy) is 1. The van der Waals surface area contributed by atoms with Crippen molar-refractivity contribution in [2.24, 2.45) is 10.8 Å². The zero-order chi connectivity index (χ0) is 15.5. The minimum atomic E-state index is 0. The number of hydrogen-bond donors (Lipinski definition) is 1. The summed E-state index contributed by atoms with van der Waals surface area (Å²) in [5, 5.41) is 11.5. The Hall–Kier alpha value is -2.04. The van der Waals surface area contributed by atoms with Crippen LogP contribution < -0.4 is 10.5 Å². The van der Waals surface area contributed by atoms with Gasteiger partial charge in [-0.2, -0.15) is 0 Å². The summed E-state index contributed by atoms with van der Waals surface area (Å²) in [6, 6.07) is 10.9. The third kappa shape index (κ3) is 9.55. The van der Waals surface area contributed by atoms with Crippen molar-refractivity contribution in [2.75, 3.05) is 7.11 Å². The van der Waals surface area contributed by atoms with E-state index in [4.69, 9.17) is 15.6 Å². The van der Waals surface area contributed by atoms with Crippen LogP contribution in [0, 0.1) is 0 Å². The van der Waals surface area contributed by atoms with E-state index in [2.05, 4.69) is 27.7 Å². The molecular formula is C14H19CoN4O3S+. The Bertz CT molecular complexity index is 573. The first-order chi connectivity index (χ1) is 10.1. The number of methoxy groups -OCH3 is 1. The van der Waals surface area contributed by atoms with Crippen molar-refractivity contribution in [3.05, 3.63) is 59.8 Å². The largest absolute Gasteiger partial charge is 0.590 e. The number of nitrogens with two attached hydrogens (primary N) is 1. The molecule has 127 valence electrons. The van der Waals surface area contributed by atoms with Crippen LogP contribution in [0.25, 0.3) is 5.43 Å². The van der Waals surface area contributed by atoms with Gasteiger partial charge in [-0.3, -0.25) is 10.7 Å². The topological polar surface area (TPSA) is 129 Å². The fourth-order valence-electron chi connectivity index (χ4n) is 1.29. The molecule has 2 rings (SSSR count). The molecule has 0 fully saturated rings. The fraction of sp³-hybridized carbons (Fsp3) is 0.0714. The van der Waals surface area contributed by atoms with Crippen molar-refractivity contribution in [1.82, 2.24) is 4.98 Å². The second-order valence-corrected chi connectivity index (χ2v) is 4.11. The molecule has 1 aromatic heterocycles. The summed E-state index contributed by atoms with van der Waals surface area (Å²) in [5.41, 5.74) is 9.30. The maximum Gasteiger partial charge on any atom is 0.305 e. The van der Waals surface area contributed by atoms with Gasteiger partial charge in [0, 0.05) is 35.4 Å². The van der Waals surface area contributed by atoms with Crippen molar-refractivity contribution >= 4 is 23.5 Å². The molecular weight excluding hydrogens is 363 g/mol. The van der Waals surface area contributed by atoms with Crippen molar-refractivity contribution in [2.45, 2.75) is 0 Å². The van der Waals surface area contributed by atoms with Crippen LogP contribution in [-0.4, -0.2) is 34.0 Å². The van der Waals surface area contributed by atoms with Gasteiger partial charge in [0.1, 0.15) is 0 Å². The van der Waals surface area contributed by atoms with Crippen LogP contribution in [0.5, 0.6) is 11.5 Å². The molecule has 1 heterocycles. The SMILES string of the molecule is COc1cccc(/C=N/[N-]C(N)=[SH+])c1[OH2+].O.[Co].c1ccncc1. The van der Waals surface area contributed by atoms with Crippen LogP contribution in [0.15, 0.2) is 53.9 Å².